The third-order valence-corrected chi connectivity index (χ3v) is 1.84. The molecule has 0 aliphatic carbocycles. The second-order valence-electron chi connectivity index (χ2n) is 3.69. The van der Waals surface area contributed by atoms with E-state index in [9.17, 15) is 9.59 Å². The van der Waals surface area contributed by atoms with E-state index in [1.54, 1.807) is 13.0 Å². The molecule has 0 aliphatic heterocycles. The Hall–Kier alpha value is -1.58. The fourth-order valence-electron chi connectivity index (χ4n) is 1.15. The van der Waals surface area contributed by atoms with Crippen LogP contribution in [0.5, 0.6) is 0 Å². The van der Waals surface area contributed by atoms with Crippen molar-refractivity contribution >= 4 is 11.8 Å². The molecule has 0 radical (unpaired) electrons. The number of nitrogens with zero attached hydrogens (tertiary/aromatic N) is 1. The van der Waals surface area contributed by atoms with Gasteiger partial charge >= 0.3 is 0 Å². The SMILES string of the molecule is C=CN(CCC(=O)NC(C)C)C(=O)/C=C\C. The third-order valence-electron chi connectivity index (χ3n) is 1.84. The molecule has 1 N–H and O–H groups in total. The molecule has 0 fully saturated rings. The Labute approximate surface area is 97.0 Å². The molecule has 4 nitrogen and oxygen atoms in total. The quantitative estimate of drug-likeness (QED) is 0.694. The van der Waals surface area contributed by atoms with Gasteiger partial charge in [-0.2, -0.15) is 0 Å². The summed E-state index contributed by atoms with van der Waals surface area (Å²) in [6.07, 6.45) is 4.83. The molecule has 0 unspecified atom stereocenters. The summed E-state index contributed by atoms with van der Waals surface area (Å²) in [5.41, 5.74) is 0. The van der Waals surface area contributed by atoms with Crippen LogP contribution in [0.25, 0.3) is 0 Å². The molecule has 0 saturated carbocycles. The van der Waals surface area contributed by atoms with Crippen molar-refractivity contribution in [2.24, 2.45) is 0 Å². The first-order chi connectivity index (χ1) is 7.51. The number of carbonyl (C=O) groups excluding carboxylic acids is 2. The van der Waals surface area contributed by atoms with Gasteiger partial charge in [0, 0.05) is 19.0 Å². The third kappa shape index (κ3) is 6.01. The van der Waals surface area contributed by atoms with Crippen LogP contribution in [-0.4, -0.2) is 29.3 Å². The zero-order valence-corrected chi connectivity index (χ0v) is 10.2. The summed E-state index contributed by atoms with van der Waals surface area (Å²) < 4.78 is 0. The van der Waals surface area contributed by atoms with Crippen LogP contribution in [0.2, 0.25) is 0 Å². The topological polar surface area (TPSA) is 49.4 Å². The standard InChI is InChI=1S/C12H20N2O2/c1-5-7-12(16)14(6-2)9-8-11(15)13-10(3)4/h5-7,10H,2,8-9H2,1,3-4H3,(H,13,15)/b7-5-. The van der Waals surface area contributed by atoms with Gasteiger partial charge in [-0.3, -0.25) is 9.59 Å². The van der Waals surface area contributed by atoms with Crippen molar-refractivity contribution in [2.45, 2.75) is 33.2 Å². The lowest BCUT2D eigenvalue weighted by molar-refractivity contribution is -0.125. The Morgan fingerprint density at radius 2 is 2.06 bits per heavy atom. The summed E-state index contributed by atoms with van der Waals surface area (Å²) in [5.74, 6) is -0.218. The molecule has 0 aromatic rings. The second-order valence-corrected chi connectivity index (χ2v) is 3.69. The molecule has 0 aliphatic rings. The molecule has 0 heterocycles. The van der Waals surface area contributed by atoms with Gasteiger partial charge in [0.25, 0.3) is 0 Å². The van der Waals surface area contributed by atoms with Gasteiger partial charge in [0.15, 0.2) is 0 Å². The second kappa shape index (κ2) is 7.68. The zero-order chi connectivity index (χ0) is 12.6. The van der Waals surface area contributed by atoms with E-state index < -0.39 is 0 Å². The first-order valence-electron chi connectivity index (χ1n) is 5.36. The number of hydrogen-bond acceptors (Lipinski definition) is 2. The van der Waals surface area contributed by atoms with Crippen molar-refractivity contribution in [3.05, 3.63) is 24.9 Å². The van der Waals surface area contributed by atoms with E-state index in [1.165, 1.54) is 17.2 Å². The summed E-state index contributed by atoms with van der Waals surface area (Å²) in [6.45, 7) is 9.46. The van der Waals surface area contributed by atoms with Crippen molar-refractivity contribution in [3.8, 4) is 0 Å². The summed E-state index contributed by atoms with van der Waals surface area (Å²) in [4.78, 5) is 24.2. The highest BCUT2D eigenvalue weighted by Crippen LogP contribution is 1.96. The van der Waals surface area contributed by atoms with Crippen LogP contribution in [0.4, 0.5) is 0 Å². The number of allylic oxidation sites excluding steroid dienone is 1. The highest BCUT2D eigenvalue weighted by Gasteiger charge is 2.09. The Morgan fingerprint density at radius 3 is 2.50 bits per heavy atom. The van der Waals surface area contributed by atoms with E-state index in [0.29, 0.717) is 6.54 Å². The van der Waals surface area contributed by atoms with Crippen molar-refractivity contribution in [2.75, 3.05) is 6.54 Å². The van der Waals surface area contributed by atoms with Crippen LogP contribution < -0.4 is 5.32 Å². The maximum Gasteiger partial charge on any atom is 0.250 e. The zero-order valence-electron chi connectivity index (χ0n) is 10.2. The summed E-state index contributed by atoms with van der Waals surface area (Å²) in [6, 6.07) is 0.121. The number of amides is 2. The molecule has 0 saturated heterocycles. The smallest absolute Gasteiger partial charge is 0.250 e. The average Bonchev–Trinajstić information content (AvgIpc) is 2.17. The van der Waals surface area contributed by atoms with Crippen LogP contribution in [-0.2, 0) is 9.59 Å². The molecule has 0 rings (SSSR count). The molecule has 2 amide bonds. The molecule has 4 heteroatoms. The Balaban J connectivity index is 4.10. The Morgan fingerprint density at radius 1 is 1.44 bits per heavy atom. The largest absolute Gasteiger partial charge is 0.354 e. The number of carbonyl (C=O) groups is 2. The van der Waals surface area contributed by atoms with E-state index in [1.807, 2.05) is 13.8 Å². The maximum absolute atomic E-state index is 11.4. The fourth-order valence-corrected chi connectivity index (χ4v) is 1.15. The van der Waals surface area contributed by atoms with E-state index >= 15 is 0 Å². The summed E-state index contributed by atoms with van der Waals surface area (Å²) in [7, 11) is 0. The lowest BCUT2D eigenvalue weighted by Crippen LogP contribution is -2.34. The van der Waals surface area contributed by atoms with Gasteiger partial charge in [0.1, 0.15) is 0 Å². The van der Waals surface area contributed by atoms with Gasteiger partial charge in [0.05, 0.1) is 0 Å². The monoisotopic (exact) mass is 224 g/mol. The van der Waals surface area contributed by atoms with Gasteiger partial charge in [-0.05, 0) is 33.0 Å². The molecule has 0 aromatic heterocycles. The summed E-state index contributed by atoms with van der Waals surface area (Å²) >= 11 is 0. The molecular formula is C12H20N2O2. The normalized spacial score (nSPS) is 10.5. The van der Waals surface area contributed by atoms with Crippen LogP contribution in [0.15, 0.2) is 24.9 Å². The lowest BCUT2D eigenvalue weighted by atomic mass is 10.3. The maximum atomic E-state index is 11.4. The molecule has 0 spiro atoms. The predicted octanol–water partition coefficient (Wildman–Crippen LogP) is 1.45. The average molecular weight is 224 g/mol. The first-order valence-corrected chi connectivity index (χ1v) is 5.36. The van der Waals surface area contributed by atoms with Crippen LogP contribution in [0.1, 0.15) is 27.2 Å². The minimum absolute atomic E-state index is 0.0601. The summed E-state index contributed by atoms with van der Waals surface area (Å²) in [5, 5.41) is 2.76. The highest BCUT2D eigenvalue weighted by molar-refractivity contribution is 5.88. The molecule has 0 bridgehead atoms. The van der Waals surface area contributed by atoms with Crippen molar-refractivity contribution in [1.82, 2.24) is 10.2 Å². The van der Waals surface area contributed by atoms with Gasteiger partial charge < -0.3 is 10.2 Å². The number of rotatable bonds is 6. The fraction of sp³-hybridized carbons (Fsp3) is 0.500. The van der Waals surface area contributed by atoms with Gasteiger partial charge in [-0.1, -0.05) is 12.7 Å². The first kappa shape index (κ1) is 14.4. The van der Waals surface area contributed by atoms with E-state index in [0.717, 1.165) is 0 Å². The minimum atomic E-state index is -0.158. The van der Waals surface area contributed by atoms with Crippen molar-refractivity contribution in [1.29, 1.82) is 0 Å². The van der Waals surface area contributed by atoms with E-state index in [4.69, 9.17) is 0 Å². The lowest BCUT2D eigenvalue weighted by Gasteiger charge is -2.16. The Bertz CT molecular complexity index is 283. The van der Waals surface area contributed by atoms with Crippen molar-refractivity contribution in [3.63, 3.8) is 0 Å². The molecule has 0 aromatic carbocycles. The van der Waals surface area contributed by atoms with E-state index in [-0.39, 0.29) is 24.3 Å². The van der Waals surface area contributed by atoms with Crippen LogP contribution in [0.3, 0.4) is 0 Å². The van der Waals surface area contributed by atoms with Crippen molar-refractivity contribution < 1.29 is 9.59 Å². The molecular weight excluding hydrogens is 204 g/mol. The van der Waals surface area contributed by atoms with Crippen LogP contribution >= 0.6 is 0 Å². The molecule has 90 valence electrons. The molecule has 16 heavy (non-hydrogen) atoms. The molecule has 0 atom stereocenters. The number of hydrogen-bond donors (Lipinski definition) is 1. The highest BCUT2D eigenvalue weighted by atomic mass is 16.2. The van der Waals surface area contributed by atoms with Crippen LogP contribution in [0, 0.1) is 0 Å². The minimum Gasteiger partial charge on any atom is -0.354 e. The van der Waals surface area contributed by atoms with Gasteiger partial charge in [0.2, 0.25) is 11.8 Å². The van der Waals surface area contributed by atoms with E-state index in [2.05, 4.69) is 11.9 Å². The van der Waals surface area contributed by atoms with Gasteiger partial charge in [-0.15, -0.1) is 0 Å². The number of nitrogens with one attached hydrogen (secondary N) is 1. The van der Waals surface area contributed by atoms with Gasteiger partial charge in [-0.25, -0.2) is 0 Å². The Kier molecular flexibility index (Phi) is 6.92. The predicted molar refractivity (Wildman–Crippen MR) is 64.6 cm³/mol.